The smallest absolute Gasteiger partial charge is 0.385 e. The lowest BCUT2D eigenvalue weighted by molar-refractivity contribution is -0.131. The Morgan fingerprint density at radius 3 is 2.67 bits per heavy atom. The maximum atomic E-state index is 11.9. The molecule has 1 N–H and O–H groups in total. The molecule has 0 aromatic heterocycles. The molecule has 0 aliphatic rings. The summed E-state index contributed by atoms with van der Waals surface area (Å²) in [6.07, 6.45) is -2.98. The highest BCUT2D eigenvalue weighted by atomic mass is 32.2. The predicted molar refractivity (Wildman–Crippen MR) is 57.4 cm³/mol. The van der Waals surface area contributed by atoms with Gasteiger partial charge in [0.1, 0.15) is 0 Å². The standard InChI is InChI=1S/C10H12F3NS/c1-15-9-4-2-3-8(7-9)14-6-5-10(11,12)13/h2-4,7,14H,5-6H2,1H3. The van der Waals surface area contributed by atoms with Crippen LogP contribution in [0.3, 0.4) is 0 Å². The summed E-state index contributed by atoms with van der Waals surface area (Å²) in [7, 11) is 0. The topological polar surface area (TPSA) is 12.0 Å². The molecule has 0 saturated heterocycles. The van der Waals surface area contributed by atoms with Crippen LogP contribution in [0.25, 0.3) is 0 Å². The highest BCUT2D eigenvalue weighted by Gasteiger charge is 2.25. The number of benzene rings is 1. The van der Waals surface area contributed by atoms with Gasteiger partial charge >= 0.3 is 6.18 Å². The Balaban J connectivity index is 2.44. The number of alkyl halides is 3. The quantitative estimate of drug-likeness (QED) is 0.797. The minimum atomic E-state index is -4.09. The number of hydrogen-bond donors (Lipinski definition) is 1. The van der Waals surface area contributed by atoms with Gasteiger partial charge in [-0.05, 0) is 24.5 Å². The zero-order valence-electron chi connectivity index (χ0n) is 8.27. The Bertz CT molecular complexity index is 312. The lowest BCUT2D eigenvalue weighted by Crippen LogP contribution is -2.14. The summed E-state index contributed by atoms with van der Waals surface area (Å²) in [6.45, 7) is -0.0820. The molecule has 0 aliphatic carbocycles. The molecule has 1 nitrogen and oxygen atoms in total. The Morgan fingerprint density at radius 2 is 2.07 bits per heavy atom. The van der Waals surface area contributed by atoms with E-state index in [9.17, 15) is 13.2 Å². The van der Waals surface area contributed by atoms with Crippen molar-refractivity contribution in [2.24, 2.45) is 0 Å². The van der Waals surface area contributed by atoms with Crippen LogP contribution in [-0.4, -0.2) is 19.0 Å². The molecular formula is C10H12F3NS. The molecule has 0 heterocycles. The summed E-state index contributed by atoms with van der Waals surface area (Å²) >= 11 is 1.56. The highest BCUT2D eigenvalue weighted by molar-refractivity contribution is 7.98. The zero-order chi connectivity index (χ0) is 11.3. The van der Waals surface area contributed by atoms with Crippen molar-refractivity contribution >= 4 is 17.4 Å². The Labute approximate surface area is 91.1 Å². The van der Waals surface area contributed by atoms with Crippen molar-refractivity contribution < 1.29 is 13.2 Å². The molecular weight excluding hydrogens is 223 g/mol. The first-order valence-electron chi connectivity index (χ1n) is 4.46. The summed E-state index contributed by atoms with van der Waals surface area (Å²) in [6, 6.07) is 7.33. The number of rotatable bonds is 4. The molecule has 0 saturated carbocycles. The van der Waals surface area contributed by atoms with E-state index in [4.69, 9.17) is 0 Å². The molecule has 0 unspecified atom stereocenters. The zero-order valence-corrected chi connectivity index (χ0v) is 9.08. The minimum absolute atomic E-state index is 0.0820. The third-order valence-electron chi connectivity index (χ3n) is 1.81. The van der Waals surface area contributed by atoms with Gasteiger partial charge in [0.2, 0.25) is 0 Å². The Morgan fingerprint density at radius 1 is 1.33 bits per heavy atom. The van der Waals surface area contributed by atoms with Crippen LogP contribution >= 0.6 is 11.8 Å². The molecule has 0 fully saturated rings. The van der Waals surface area contributed by atoms with E-state index in [0.29, 0.717) is 0 Å². The van der Waals surface area contributed by atoms with Crippen molar-refractivity contribution in [2.75, 3.05) is 18.1 Å². The molecule has 0 radical (unpaired) electrons. The predicted octanol–water partition coefficient (Wildman–Crippen LogP) is 3.77. The van der Waals surface area contributed by atoms with Crippen LogP contribution in [0.1, 0.15) is 6.42 Å². The second-order valence-corrected chi connectivity index (χ2v) is 3.90. The number of hydrogen-bond acceptors (Lipinski definition) is 2. The minimum Gasteiger partial charge on any atom is -0.385 e. The van der Waals surface area contributed by atoms with Gasteiger partial charge in [0.15, 0.2) is 0 Å². The van der Waals surface area contributed by atoms with Gasteiger partial charge in [-0.2, -0.15) is 13.2 Å². The molecule has 0 amide bonds. The maximum absolute atomic E-state index is 11.9. The summed E-state index contributed by atoms with van der Waals surface area (Å²) in [5.74, 6) is 0. The van der Waals surface area contributed by atoms with E-state index in [1.165, 1.54) is 0 Å². The van der Waals surface area contributed by atoms with Crippen LogP contribution in [0.2, 0.25) is 0 Å². The summed E-state index contributed by atoms with van der Waals surface area (Å²) in [5.41, 5.74) is 0.728. The van der Waals surface area contributed by atoms with Crippen LogP contribution in [-0.2, 0) is 0 Å². The fourth-order valence-corrected chi connectivity index (χ4v) is 1.54. The normalized spacial score (nSPS) is 11.5. The van der Waals surface area contributed by atoms with Crippen LogP contribution in [0.5, 0.6) is 0 Å². The fraction of sp³-hybridized carbons (Fsp3) is 0.400. The molecule has 0 spiro atoms. The number of thioether (sulfide) groups is 1. The van der Waals surface area contributed by atoms with Crippen LogP contribution in [0.15, 0.2) is 29.2 Å². The molecule has 15 heavy (non-hydrogen) atoms. The third kappa shape index (κ3) is 4.97. The summed E-state index contributed by atoms with van der Waals surface area (Å²) in [5, 5.41) is 2.74. The van der Waals surface area contributed by atoms with E-state index >= 15 is 0 Å². The van der Waals surface area contributed by atoms with Crippen molar-refractivity contribution in [3.8, 4) is 0 Å². The van der Waals surface area contributed by atoms with Crippen molar-refractivity contribution in [1.29, 1.82) is 0 Å². The molecule has 0 atom stereocenters. The molecule has 1 aromatic carbocycles. The SMILES string of the molecule is CSc1cccc(NCCC(F)(F)F)c1. The van der Waals surface area contributed by atoms with Crippen LogP contribution in [0, 0.1) is 0 Å². The second-order valence-electron chi connectivity index (χ2n) is 3.02. The van der Waals surface area contributed by atoms with Gasteiger partial charge in [-0.3, -0.25) is 0 Å². The molecule has 1 aromatic rings. The number of anilines is 1. The van der Waals surface area contributed by atoms with Crippen molar-refractivity contribution in [1.82, 2.24) is 0 Å². The van der Waals surface area contributed by atoms with Crippen molar-refractivity contribution in [2.45, 2.75) is 17.5 Å². The summed E-state index contributed by atoms with van der Waals surface area (Å²) in [4.78, 5) is 1.03. The van der Waals surface area contributed by atoms with Gasteiger partial charge in [-0.15, -0.1) is 11.8 Å². The molecule has 1 rings (SSSR count). The molecule has 5 heteroatoms. The average Bonchev–Trinajstić information content (AvgIpc) is 2.16. The van der Waals surface area contributed by atoms with Gasteiger partial charge in [0, 0.05) is 17.1 Å². The van der Waals surface area contributed by atoms with Crippen LogP contribution in [0.4, 0.5) is 18.9 Å². The molecule has 84 valence electrons. The van der Waals surface area contributed by atoms with Gasteiger partial charge in [-0.25, -0.2) is 0 Å². The second kappa shape index (κ2) is 5.30. The molecule has 0 bridgehead atoms. The third-order valence-corrected chi connectivity index (χ3v) is 2.53. The highest BCUT2D eigenvalue weighted by Crippen LogP contribution is 2.21. The van der Waals surface area contributed by atoms with Gasteiger partial charge in [0.25, 0.3) is 0 Å². The van der Waals surface area contributed by atoms with Crippen molar-refractivity contribution in [3.63, 3.8) is 0 Å². The lowest BCUT2D eigenvalue weighted by atomic mass is 10.3. The fourth-order valence-electron chi connectivity index (χ4n) is 1.08. The van der Waals surface area contributed by atoms with E-state index in [2.05, 4.69) is 5.32 Å². The van der Waals surface area contributed by atoms with E-state index in [1.807, 2.05) is 24.5 Å². The van der Waals surface area contributed by atoms with Gasteiger partial charge in [-0.1, -0.05) is 6.07 Å². The lowest BCUT2D eigenvalue weighted by Gasteiger charge is -2.09. The van der Waals surface area contributed by atoms with E-state index in [-0.39, 0.29) is 6.54 Å². The van der Waals surface area contributed by atoms with Crippen LogP contribution < -0.4 is 5.32 Å². The monoisotopic (exact) mass is 235 g/mol. The average molecular weight is 235 g/mol. The first-order valence-corrected chi connectivity index (χ1v) is 5.68. The van der Waals surface area contributed by atoms with Gasteiger partial charge < -0.3 is 5.32 Å². The van der Waals surface area contributed by atoms with E-state index in [0.717, 1.165) is 10.6 Å². The summed E-state index contributed by atoms with van der Waals surface area (Å²) < 4.78 is 35.6. The maximum Gasteiger partial charge on any atom is 0.390 e. The number of nitrogens with one attached hydrogen (secondary N) is 1. The molecule has 0 aliphatic heterocycles. The number of halogens is 3. The van der Waals surface area contributed by atoms with Crippen molar-refractivity contribution in [3.05, 3.63) is 24.3 Å². The van der Waals surface area contributed by atoms with E-state index < -0.39 is 12.6 Å². The first kappa shape index (κ1) is 12.2. The first-order chi connectivity index (χ1) is 7.01. The van der Waals surface area contributed by atoms with E-state index in [1.54, 1.807) is 17.8 Å². The largest absolute Gasteiger partial charge is 0.390 e. The Hall–Kier alpha value is -0.840. The van der Waals surface area contributed by atoms with Gasteiger partial charge in [0.05, 0.1) is 6.42 Å². The Kier molecular flexibility index (Phi) is 4.32.